The smallest absolute Gasteiger partial charge is 0.241 e. The molecule has 0 aromatic heterocycles. The molecule has 1 saturated heterocycles. The lowest BCUT2D eigenvalue weighted by Gasteiger charge is -2.32. The van der Waals surface area contributed by atoms with Crippen LogP contribution in [0.1, 0.15) is 51.1 Å². The molecule has 0 bridgehead atoms. The number of halogens is 1. The number of hydrogen-bond donors (Lipinski definition) is 2. The third-order valence-electron chi connectivity index (χ3n) is 5.64. The number of carbonyl (C=O) groups excluding carboxylic acids is 1. The fourth-order valence-corrected chi connectivity index (χ4v) is 5.40. The second-order valence-electron chi connectivity index (χ2n) is 8.57. The normalized spacial score (nSPS) is 28.7. The lowest BCUT2D eigenvalue weighted by atomic mass is 9.86. The Hall–Kier alpha value is -1.98. The Balaban J connectivity index is 1.99. The minimum atomic E-state index is -3.49. The number of sulfone groups is 1. The maximum absolute atomic E-state index is 13.4. The largest absolute Gasteiger partial charge is 0.336 e. The zero-order valence-electron chi connectivity index (χ0n) is 16.3. The molecule has 1 aromatic rings. The Labute approximate surface area is 165 Å². The van der Waals surface area contributed by atoms with Crippen LogP contribution in [0.25, 0.3) is 0 Å². The van der Waals surface area contributed by atoms with Gasteiger partial charge in [0.25, 0.3) is 0 Å². The van der Waals surface area contributed by atoms with Gasteiger partial charge in [0.05, 0.1) is 16.9 Å². The lowest BCUT2D eigenvalue weighted by Crippen LogP contribution is -2.57. The first kappa shape index (κ1) is 20.7. The quantitative estimate of drug-likeness (QED) is 0.753. The highest BCUT2D eigenvalue weighted by molar-refractivity contribution is 7.91. The van der Waals surface area contributed by atoms with Crippen molar-refractivity contribution in [2.45, 2.75) is 61.9 Å². The highest BCUT2D eigenvalue weighted by Gasteiger charge is 2.56. The Morgan fingerprint density at radius 1 is 1.36 bits per heavy atom. The molecule has 6 nitrogen and oxygen atoms in total. The van der Waals surface area contributed by atoms with E-state index in [1.165, 1.54) is 12.1 Å². The molecule has 2 fully saturated rings. The number of nitriles is 1. The summed E-state index contributed by atoms with van der Waals surface area (Å²) in [6, 6.07) is 7.19. The van der Waals surface area contributed by atoms with E-state index in [2.05, 4.69) is 16.7 Å². The second-order valence-corrected chi connectivity index (χ2v) is 10.8. The zero-order valence-corrected chi connectivity index (χ0v) is 17.1. The molecule has 1 amide bonds. The van der Waals surface area contributed by atoms with Gasteiger partial charge in [-0.3, -0.25) is 10.1 Å². The van der Waals surface area contributed by atoms with Crippen LogP contribution in [0.5, 0.6) is 0 Å². The van der Waals surface area contributed by atoms with E-state index in [1.54, 1.807) is 12.1 Å². The molecule has 152 valence electrons. The van der Waals surface area contributed by atoms with Gasteiger partial charge in [0, 0.05) is 12.3 Å². The van der Waals surface area contributed by atoms with Crippen LogP contribution in [0.15, 0.2) is 24.3 Å². The van der Waals surface area contributed by atoms with Gasteiger partial charge in [-0.25, -0.2) is 12.8 Å². The van der Waals surface area contributed by atoms with E-state index in [0.29, 0.717) is 24.8 Å². The summed E-state index contributed by atoms with van der Waals surface area (Å²) in [6.07, 6.45) is 2.91. The standard InChI is InChI=1S/C20H26FN3O3S/c1-13(2)10-20(18(25)24-19(12-22)8-9-19)11-16(28(3,26)27)17(23-20)14-4-6-15(21)7-5-14/h4-7,13,16-17,23H,8-11H2,1-3H3,(H,24,25). The molecule has 28 heavy (non-hydrogen) atoms. The summed E-state index contributed by atoms with van der Waals surface area (Å²) in [7, 11) is -3.49. The first-order valence-corrected chi connectivity index (χ1v) is 11.4. The van der Waals surface area contributed by atoms with Crippen LogP contribution in [-0.4, -0.2) is 36.9 Å². The lowest BCUT2D eigenvalue weighted by molar-refractivity contribution is -0.128. The molecular formula is C20H26FN3O3S. The summed E-state index contributed by atoms with van der Waals surface area (Å²) in [6.45, 7) is 3.93. The van der Waals surface area contributed by atoms with E-state index in [9.17, 15) is 22.9 Å². The Morgan fingerprint density at radius 3 is 2.43 bits per heavy atom. The predicted octanol–water partition coefficient (Wildman–Crippen LogP) is 2.23. The minimum absolute atomic E-state index is 0.111. The fraction of sp³-hybridized carbons (Fsp3) is 0.600. The first-order valence-electron chi connectivity index (χ1n) is 9.46. The topological polar surface area (TPSA) is 99.1 Å². The van der Waals surface area contributed by atoms with Crippen LogP contribution in [0, 0.1) is 23.1 Å². The monoisotopic (exact) mass is 407 g/mol. The maximum atomic E-state index is 13.4. The molecule has 3 atom stereocenters. The van der Waals surface area contributed by atoms with E-state index < -0.39 is 38.0 Å². The molecule has 2 N–H and O–H groups in total. The summed E-state index contributed by atoms with van der Waals surface area (Å²) in [5, 5.41) is 14.6. The van der Waals surface area contributed by atoms with Crippen LogP contribution in [-0.2, 0) is 14.6 Å². The van der Waals surface area contributed by atoms with E-state index in [0.717, 1.165) is 6.26 Å². The van der Waals surface area contributed by atoms with E-state index in [1.807, 2.05) is 13.8 Å². The Bertz CT molecular complexity index is 904. The molecule has 3 unspecified atom stereocenters. The van der Waals surface area contributed by atoms with Crippen molar-refractivity contribution in [2.24, 2.45) is 5.92 Å². The van der Waals surface area contributed by atoms with Crippen molar-refractivity contribution in [1.29, 1.82) is 5.26 Å². The average molecular weight is 408 g/mol. The Kier molecular flexibility index (Phi) is 5.28. The molecule has 2 aliphatic rings. The summed E-state index contributed by atoms with van der Waals surface area (Å²) in [5.74, 6) is -0.616. The van der Waals surface area contributed by atoms with E-state index in [-0.39, 0.29) is 18.2 Å². The Morgan fingerprint density at radius 2 is 1.96 bits per heavy atom. The highest BCUT2D eigenvalue weighted by atomic mass is 32.2. The third kappa shape index (κ3) is 4.06. The SMILES string of the molecule is CC(C)CC1(C(=O)NC2(C#N)CC2)CC(S(C)(=O)=O)C(c2ccc(F)cc2)N1. The highest BCUT2D eigenvalue weighted by Crippen LogP contribution is 2.42. The molecule has 1 aliphatic carbocycles. The van der Waals surface area contributed by atoms with Crippen molar-refractivity contribution in [2.75, 3.05) is 6.26 Å². The molecule has 1 heterocycles. The molecule has 1 aliphatic heterocycles. The fourth-order valence-electron chi connectivity index (χ4n) is 4.09. The second kappa shape index (κ2) is 7.12. The third-order valence-corrected chi connectivity index (χ3v) is 7.18. The first-order chi connectivity index (χ1) is 13.0. The molecule has 1 saturated carbocycles. The molecular weight excluding hydrogens is 381 g/mol. The molecule has 3 rings (SSSR count). The van der Waals surface area contributed by atoms with Crippen molar-refractivity contribution in [1.82, 2.24) is 10.6 Å². The predicted molar refractivity (Wildman–Crippen MR) is 103 cm³/mol. The number of amides is 1. The summed E-state index contributed by atoms with van der Waals surface area (Å²) in [5.41, 5.74) is -1.32. The molecule has 8 heteroatoms. The summed E-state index contributed by atoms with van der Waals surface area (Å²) < 4.78 is 38.4. The number of nitrogens with one attached hydrogen (secondary N) is 2. The minimum Gasteiger partial charge on any atom is -0.336 e. The number of benzene rings is 1. The maximum Gasteiger partial charge on any atom is 0.241 e. The number of carbonyl (C=O) groups is 1. The van der Waals surface area contributed by atoms with Gasteiger partial charge in [0.1, 0.15) is 11.4 Å². The van der Waals surface area contributed by atoms with Crippen LogP contribution in [0.3, 0.4) is 0 Å². The molecule has 1 aromatic carbocycles. The van der Waals surface area contributed by atoms with Crippen molar-refractivity contribution in [3.63, 3.8) is 0 Å². The summed E-state index contributed by atoms with van der Waals surface area (Å²) >= 11 is 0. The number of nitrogens with zero attached hydrogens (tertiary/aromatic N) is 1. The van der Waals surface area contributed by atoms with Gasteiger partial charge in [0.2, 0.25) is 5.91 Å². The van der Waals surface area contributed by atoms with Gasteiger partial charge >= 0.3 is 0 Å². The molecule has 0 spiro atoms. The average Bonchev–Trinajstić information content (AvgIpc) is 3.26. The van der Waals surface area contributed by atoms with Crippen LogP contribution in [0.4, 0.5) is 4.39 Å². The van der Waals surface area contributed by atoms with Crippen molar-refractivity contribution >= 4 is 15.7 Å². The van der Waals surface area contributed by atoms with Gasteiger partial charge in [0.15, 0.2) is 9.84 Å². The van der Waals surface area contributed by atoms with Gasteiger partial charge in [-0.15, -0.1) is 0 Å². The number of rotatable bonds is 6. The van der Waals surface area contributed by atoms with E-state index in [4.69, 9.17) is 0 Å². The van der Waals surface area contributed by atoms with Crippen LogP contribution in [0.2, 0.25) is 0 Å². The van der Waals surface area contributed by atoms with Crippen molar-refractivity contribution < 1.29 is 17.6 Å². The van der Waals surface area contributed by atoms with Crippen molar-refractivity contribution in [3.8, 4) is 6.07 Å². The van der Waals surface area contributed by atoms with Gasteiger partial charge in [-0.05, 0) is 49.3 Å². The van der Waals surface area contributed by atoms with Crippen molar-refractivity contribution in [3.05, 3.63) is 35.6 Å². The number of hydrogen-bond acceptors (Lipinski definition) is 5. The van der Waals surface area contributed by atoms with Gasteiger partial charge in [-0.2, -0.15) is 5.26 Å². The van der Waals surface area contributed by atoms with Crippen LogP contribution < -0.4 is 10.6 Å². The zero-order chi connectivity index (χ0) is 20.7. The van der Waals surface area contributed by atoms with Crippen LogP contribution >= 0.6 is 0 Å². The summed E-state index contributed by atoms with van der Waals surface area (Å²) in [4.78, 5) is 13.2. The van der Waals surface area contributed by atoms with E-state index >= 15 is 0 Å². The molecule has 0 radical (unpaired) electrons. The van der Waals surface area contributed by atoms with Gasteiger partial charge in [-0.1, -0.05) is 26.0 Å². The van der Waals surface area contributed by atoms with Gasteiger partial charge < -0.3 is 5.32 Å².